The van der Waals surface area contributed by atoms with Crippen LogP contribution in [0.1, 0.15) is 6.92 Å². The van der Waals surface area contributed by atoms with Crippen LogP contribution in [0.4, 0.5) is 0 Å². The van der Waals surface area contributed by atoms with Crippen LogP contribution in [0.3, 0.4) is 0 Å². The summed E-state index contributed by atoms with van der Waals surface area (Å²) in [6.07, 6.45) is 1.02. The van der Waals surface area contributed by atoms with Gasteiger partial charge in [-0.05, 0) is 24.3 Å². The molecule has 0 saturated heterocycles. The van der Waals surface area contributed by atoms with Gasteiger partial charge in [0, 0.05) is 13.2 Å². The van der Waals surface area contributed by atoms with Crippen molar-refractivity contribution in [3.8, 4) is 0 Å². The average Bonchev–Trinajstić information content (AvgIpc) is 2.25. The molecule has 0 heterocycles. The molecule has 0 spiro atoms. The van der Waals surface area contributed by atoms with Gasteiger partial charge in [-0.15, -0.1) is 4.40 Å². The number of carboxylic acids is 1. The van der Waals surface area contributed by atoms with Gasteiger partial charge in [0.05, 0.1) is 9.79 Å². The first kappa shape index (κ1) is 18.9. The number of nitrogens with zero attached hydrogens (tertiary/aromatic N) is 1. The number of hydrogen-bond donors (Lipinski definition) is 3. The minimum Gasteiger partial charge on any atom is -0.481 e. The molecule has 118 valence electrons. The van der Waals surface area contributed by atoms with Crippen molar-refractivity contribution in [1.29, 1.82) is 0 Å². The van der Waals surface area contributed by atoms with Gasteiger partial charge < -0.3 is 16.6 Å². The van der Waals surface area contributed by atoms with Crippen molar-refractivity contribution in [2.45, 2.75) is 16.7 Å². The van der Waals surface area contributed by atoms with E-state index < -0.39 is 31.8 Å². The average molecular weight is 337 g/mol. The number of rotatable bonds is 3. The van der Waals surface area contributed by atoms with Crippen molar-refractivity contribution in [2.75, 3.05) is 6.26 Å². The Bertz CT molecular complexity index is 728. The van der Waals surface area contributed by atoms with Crippen LogP contribution < -0.4 is 11.5 Å². The Morgan fingerprint density at radius 3 is 1.67 bits per heavy atom. The molecule has 0 aliphatic carbocycles. The van der Waals surface area contributed by atoms with Crippen LogP contribution in [-0.4, -0.2) is 40.1 Å². The van der Waals surface area contributed by atoms with Gasteiger partial charge in [0.1, 0.15) is 0 Å². The molecule has 0 saturated carbocycles. The molecule has 0 radical (unpaired) electrons. The lowest BCUT2D eigenvalue weighted by Gasteiger charge is -2.01. The molecule has 0 atom stereocenters. The largest absolute Gasteiger partial charge is 0.481 e. The number of hydrogen-bond acceptors (Lipinski definition) is 5. The molecule has 9 nitrogen and oxygen atoms in total. The van der Waals surface area contributed by atoms with Crippen molar-refractivity contribution in [2.24, 2.45) is 15.9 Å². The number of nitrogens with two attached hydrogens (primary N) is 2. The van der Waals surface area contributed by atoms with Gasteiger partial charge in [0.15, 0.2) is 9.84 Å². The highest BCUT2D eigenvalue weighted by Crippen LogP contribution is 2.15. The highest BCUT2D eigenvalue weighted by Gasteiger charge is 2.14. The van der Waals surface area contributed by atoms with E-state index in [1.165, 1.54) is 12.1 Å². The highest BCUT2D eigenvalue weighted by atomic mass is 32.2. The number of benzene rings is 1. The van der Waals surface area contributed by atoms with Crippen molar-refractivity contribution in [3.63, 3.8) is 0 Å². The number of carboxylic acid groups (broad SMARTS) is 1. The molecule has 1 rings (SSSR count). The Morgan fingerprint density at radius 2 is 1.38 bits per heavy atom. The minimum absolute atomic E-state index is 0.0150. The summed E-state index contributed by atoms with van der Waals surface area (Å²) >= 11 is 0. The van der Waals surface area contributed by atoms with E-state index in [1.54, 1.807) is 0 Å². The zero-order chi connectivity index (χ0) is 16.8. The van der Waals surface area contributed by atoms with Gasteiger partial charge in [0.25, 0.3) is 16.0 Å². The van der Waals surface area contributed by atoms with E-state index in [9.17, 15) is 16.8 Å². The summed E-state index contributed by atoms with van der Waals surface area (Å²) in [6, 6.07) is 4.59. The van der Waals surface area contributed by atoms with Crippen molar-refractivity contribution < 1.29 is 26.7 Å². The fourth-order valence-electron chi connectivity index (χ4n) is 1.05. The number of guanidine groups is 1. The van der Waals surface area contributed by atoms with E-state index in [-0.39, 0.29) is 9.79 Å². The lowest BCUT2D eigenvalue weighted by molar-refractivity contribution is -0.134. The lowest BCUT2D eigenvalue weighted by atomic mass is 10.4. The molecule has 0 amide bonds. The maximum absolute atomic E-state index is 11.5. The summed E-state index contributed by atoms with van der Waals surface area (Å²) in [5.74, 6) is -1.42. The predicted octanol–water partition coefficient (Wildman–Crippen LogP) is -0.857. The molecule has 1 aromatic carbocycles. The molecule has 5 N–H and O–H groups in total. The van der Waals surface area contributed by atoms with Gasteiger partial charge in [-0.25, -0.2) is 8.42 Å². The second-order valence-electron chi connectivity index (χ2n) is 3.75. The molecule has 0 unspecified atom stereocenters. The SMILES string of the molecule is CC(=O)O.CS(=O)(=O)c1ccc(S(=O)(=O)N=C(N)N)cc1. The fourth-order valence-corrected chi connectivity index (χ4v) is 2.54. The Kier molecular flexibility index (Phi) is 6.32. The summed E-state index contributed by atoms with van der Waals surface area (Å²) in [7, 11) is -7.35. The summed E-state index contributed by atoms with van der Waals surface area (Å²) in [5.41, 5.74) is 9.94. The zero-order valence-electron chi connectivity index (χ0n) is 11.2. The van der Waals surface area contributed by atoms with E-state index in [4.69, 9.17) is 21.4 Å². The standard InChI is InChI=1S/C8H11N3O4S2.C2H4O2/c1-16(12,13)6-2-4-7(5-3-6)17(14,15)11-8(9)10;1-2(3)4/h2-5H,1H3,(H4,9,10,11);1H3,(H,3,4). The Balaban J connectivity index is 0.000000885. The van der Waals surface area contributed by atoms with E-state index in [0.29, 0.717) is 0 Å². The first-order valence-electron chi connectivity index (χ1n) is 5.22. The number of sulfone groups is 1. The molecule has 0 aromatic heterocycles. The van der Waals surface area contributed by atoms with Gasteiger partial charge in [0.2, 0.25) is 5.96 Å². The molecule has 0 bridgehead atoms. The van der Waals surface area contributed by atoms with Crippen LogP contribution >= 0.6 is 0 Å². The van der Waals surface area contributed by atoms with E-state index >= 15 is 0 Å². The normalized spacial score (nSPS) is 11.0. The third-order valence-corrected chi connectivity index (χ3v) is 4.22. The predicted molar refractivity (Wildman–Crippen MR) is 75.9 cm³/mol. The monoisotopic (exact) mass is 337 g/mol. The third-order valence-electron chi connectivity index (χ3n) is 1.78. The third kappa shape index (κ3) is 7.27. The van der Waals surface area contributed by atoms with Gasteiger partial charge in [-0.3, -0.25) is 4.79 Å². The van der Waals surface area contributed by atoms with Crippen LogP contribution in [0.25, 0.3) is 0 Å². The van der Waals surface area contributed by atoms with E-state index in [0.717, 1.165) is 25.3 Å². The first-order chi connectivity index (χ1) is 9.36. The summed E-state index contributed by atoms with van der Waals surface area (Å²) in [5, 5.41) is 7.42. The Morgan fingerprint density at radius 1 is 1.05 bits per heavy atom. The number of carbonyl (C=O) groups is 1. The van der Waals surface area contributed by atoms with E-state index in [1.807, 2.05) is 0 Å². The van der Waals surface area contributed by atoms with Crippen LogP contribution in [-0.2, 0) is 24.7 Å². The van der Waals surface area contributed by atoms with Gasteiger partial charge in [-0.2, -0.15) is 8.42 Å². The van der Waals surface area contributed by atoms with E-state index in [2.05, 4.69) is 4.40 Å². The maximum atomic E-state index is 11.5. The highest BCUT2D eigenvalue weighted by molar-refractivity contribution is 7.91. The van der Waals surface area contributed by atoms with Crippen LogP contribution in [0.15, 0.2) is 38.5 Å². The summed E-state index contributed by atoms with van der Waals surface area (Å²) in [6.45, 7) is 1.08. The van der Waals surface area contributed by atoms with Crippen molar-refractivity contribution >= 4 is 31.8 Å². The second-order valence-corrected chi connectivity index (χ2v) is 7.37. The second kappa shape index (κ2) is 7.04. The minimum atomic E-state index is -3.98. The van der Waals surface area contributed by atoms with Gasteiger partial charge >= 0.3 is 0 Å². The Hall–Kier alpha value is -2.14. The lowest BCUT2D eigenvalue weighted by Crippen LogP contribution is -2.24. The molecular weight excluding hydrogens is 322 g/mol. The number of sulfonamides is 1. The Labute approximate surface area is 122 Å². The van der Waals surface area contributed by atoms with Gasteiger partial charge in [-0.1, -0.05) is 0 Å². The number of aliphatic carboxylic acids is 1. The summed E-state index contributed by atoms with van der Waals surface area (Å²) < 4.78 is 48.4. The van der Waals surface area contributed by atoms with Crippen molar-refractivity contribution in [3.05, 3.63) is 24.3 Å². The first-order valence-corrected chi connectivity index (χ1v) is 8.55. The molecule has 1 aromatic rings. The molecule has 21 heavy (non-hydrogen) atoms. The quantitative estimate of drug-likeness (QED) is 0.472. The molecule has 0 fully saturated rings. The molecule has 11 heteroatoms. The topological polar surface area (TPSA) is 170 Å². The summed E-state index contributed by atoms with van der Waals surface area (Å²) in [4.78, 5) is 8.83. The van der Waals surface area contributed by atoms with Crippen LogP contribution in [0, 0.1) is 0 Å². The molecule has 0 aliphatic rings. The molecule has 0 aliphatic heterocycles. The van der Waals surface area contributed by atoms with Crippen LogP contribution in [0.2, 0.25) is 0 Å². The van der Waals surface area contributed by atoms with Crippen LogP contribution in [0.5, 0.6) is 0 Å². The molecular formula is C10H15N3O6S2. The zero-order valence-corrected chi connectivity index (χ0v) is 12.8. The fraction of sp³-hybridized carbons (Fsp3) is 0.200. The van der Waals surface area contributed by atoms with Crippen molar-refractivity contribution in [1.82, 2.24) is 0 Å². The smallest absolute Gasteiger partial charge is 0.300 e. The maximum Gasteiger partial charge on any atom is 0.300 e.